The Bertz CT molecular complexity index is 729. The molecule has 2 aromatic heterocycles. The number of aryl methyl sites for hydroxylation is 1. The Kier molecular flexibility index (Phi) is 3.85. The van der Waals surface area contributed by atoms with Gasteiger partial charge in [-0.3, -0.25) is 9.13 Å². The van der Waals surface area contributed by atoms with Crippen LogP contribution in [0.1, 0.15) is 45.2 Å². The monoisotopic (exact) mass is 302 g/mol. The average Bonchev–Trinajstić information content (AvgIpc) is 2.71. The minimum absolute atomic E-state index is 0.0244. The number of nitrogens with zero attached hydrogens (tertiary/aromatic N) is 3. The van der Waals surface area contributed by atoms with Gasteiger partial charge in [0.1, 0.15) is 0 Å². The maximum atomic E-state index is 12.5. The van der Waals surface area contributed by atoms with E-state index in [1.807, 2.05) is 11.6 Å². The maximum absolute atomic E-state index is 12.5. The second kappa shape index (κ2) is 5.54. The van der Waals surface area contributed by atoms with Gasteiger partial charge < -0.3 is 5.32 Å². The molecule has 1 unspecified atom stereocenters. The lowest BCUT2D eigenvalue weighted by Crippen LogP contribution is -2.28. The van der Waals surface area contributed by atoms with E-state index in [1.165, 1.54) is 12.8 Å². The van der Waals surface area contributed by atoms with Gasteiger partial charge in [0, 0.05) is 31.7 Å². The number of nitrogens with one attached hydrogen (secondary N) is 1. The van der Waals surface area contributed by atoms with Gasteiger partial charge in [-0.25, -0.2) is 9.78 Å². The van der Waals surface area contributed by atoms with E-state index < -0.39 is 0 Å². The molecule has 0 aliphatic carbocycles. The van der Waals surface area contributed by atoms with Crippen LogP contribution in [-0.4, -0.2) is 27.2 Å². The molecule has 1 atom stereocenters. The van der Waals surface area contributed by atoms with Gasteiger partial charge >= 0.3 is 5.69 Å². The van der Waals surface area contributed by atoms with Crippen LogP contribution < -0.4 is 11.0 Å². The first-order chi connectivity index (χ1) is 10.4. The molecular weight excluding hydrogens is 276 g/mol. The van der Waals surface area contributed by atoms with Crippen molar-refractivity contribution in [1.29, 1.82) is 0 Å². The SMILES string of the molecule is Cn1c(=O)n(CC(C)(C)C)c2ccc(C3CCCNC3)nc21. The molecule has 0 saturated carbocycles. The Morgan fingerprint density at radius 1 is 1.36 bits per heavy atom. The second-order valence-electron chi connectivity index (χ2n) is 7.61. The molecule has 1 fully saturated rings. The smallest absolute Gasteiger partial charge is 0.316 e. The van der Waals surface area contributed by atoms with Gasteiger partial charge in [0.15, 0.2) is 5.65 Å². The Hall–Kier alpha value is -1.62. The molecule has 5 heteroatoms. The highest BCUT2D eigenvalue weighted by atomic mass is 16.1. The number of pyridine rings is 1. The molecule has 0 amide bonds. The zero-order valence-electron chi connectivity index (χ0n) is 14.0. The molecule has 22 heavy (non-hydrogen) atoms. The van der Waals surface area contributed by atoms with Gasteiger partial charge in [0.05, 0.1) is 5.52 Å². The number of hydrogen-bond acceptors (Lipinski definition) is 3. The molecule has 0 spiro atoms. The van der Waals surface area contributed by atoms with Gasteiger partial charge in [0.2, 0.25) is 0 Å². The summed E-state index contributed by atoms with van der Waals surface area (Å²) in [5.74, 6) is 0.458. The van der Waals surface area contributed by atoms with Gasteiger partial charge in [-0.2, -0.15) is 0 Å². The molecule has 2 aromatic rings. The molecule has 0 aromatic carbocycles. The van der Waals surface area contributed by atoms with E-state index in [0.29, 0.717) is 12.5 Å². The molecule has 3 rings (SSSR count). The third-order valence-electron chi connectivity index (χ3n) is 4.35. The van der Waals surface area contributed by atoms with Crippen LogP contribution in [0.5, 0.6) is 0 Å². The lowest BCUT2D eigenvalue weighted by atomic mass is 9.95. The average molecular weight is 302 g/mol. The highest BCUT2D eigenvalue weighted by Crippen LogP contribution is 2.24. The summed E-state index contributed by atoms with van der Waals surface area (Å²) >= 11 is 0. The fourth-order valence-corrected chi connectivity index (χ4v) is 3.25. The number of aromatic nitrogens is 3. The molecule has 1 N–H and O–H groups in total. The van der Waals surface area contributed by atoms with E-state index in [2.05, 4.69) is 38.2 Å². The third kappa shape index (κ3) is 2.82. The molecule has 0 bridgehead atoms. The van der Waals surface area contributed by atoms with E-state index in [9.17, 15) is 4.79 Å². The summed E-state index contributed by atoms with van der Waals surface area (Å²) in [4.78, 5) is 17.3. The summed E-state index contributed by atoms with van der Waals surface area (Å²) in [5.41, 5.74) is 2.93. The quantitative estimate of drug-likeness (QED) is 0.925. The number of fused-ring (bicyclic) bond motifs is 1. The fourth-order valence-electron chi connectivity index (χ4n) is 3.25. The summed E-state index contributed by atoms with van der Waals surface area (Å²) < 4.78 is 3.53. The summed E-state index contributed by atoms with van der Waals surface area (Å²) in [6, 6.07) is 4.16. The zero-order valence-corrected chi connectivity index (χ0v) is 14.0. The van der Waals surface area contributed by atoms with Crippen LogP contribution in [0, 0.1) is 5.41 Å². The Morgan fingerprint density at radius 2 is 2.14 bits per heavy atom. The Balaban J connectivity index is 2.06. The first-order valence-corrected chi connectivity index (χ1v) is 8.14. The first kappa shape index (κ1) is 15.3. The van der Waals surface area contributed by atoms with Gasteiger partial charge in [-0.05, 0) is 36.9 Å². The van der Waals surface area contributed by atoms with Crippen molar-refractivity contribution in [3.8, 4) is 0 Å². The predicted molar refractivity (Wildman–Crippen MR) is 89.3 cm³/mol. The van der Waals surface area contributed by atoms with Crippen molar-refractivity contribution in [2.75, 3.05) is 13.1 Å². The topological polar surface area (TPSA) is 51.9 Å². The van der Waals surface area contributed by atoms with Gasteiger partial charge in [0.25, 0.3) is 0 Å². The van der Waals surface area contributed by atoms with Crippen molar-refractivity contribution in [2.24, 2.45) is 12.5 Å². The normalized spacial score (nSPS) is 19.7. The molecule has 0 radical (unpaired) electrons. The molecular formula is C17H26N4O. The van der Waals surface area contributed by atoms with Crippen LogP contribution in [0.15, 0.2) is 16.9 Å². The fraction of sp³-hybridized carbons (Fsp3) is 0.647. The van der Waals surface area contributed by atoms with Crippen LogP contribution in [-0.2, 0) is 13.6 Å². The lowest BCUT2D eigenvalue weighted by Gasteiger charge is -2.22. The van der Waals surface area contributed by atoms with Crippen LogP contribution >= 0.6 is 0 Å². The van der Waals surface area contributed by atoms with Crippen LogP contribution in [0.2, 0.25) is 0 Å². The minimum atomic E-state index is 0.0244. The van der Waals surface area contributed by atoms with Crippen LogP contribution in [0.3, 0.4) is 0 Å². The summed E-state index contributed by atoms with van der Waals surface area (Å²) in [7, 11) is 1.82. The van der Waals surface area contributed by atoms with E-state index >= 15 is 0 Å². The number of rotatable bonds is 2. The zero-order chi connectivity index (χ0) is 15.9. The van der Waals surface area contributed by atoms with Crippen molar-refractivity contribution in [3.63, 3.8) is 0 Å². The number of piperidine rings is 1. The standard InChI is InChI=1S/C17H26N4O/c1-17(2,3)11-21-14-8-7-13(12-6-5-9-18-10-12)19-15(14)20(4)16(21)22/h7-8,12,18H,5-6,9-11H2,1-4H3. The molecule has 1 aliphatic rings. The van der Waals surface area contributed by atoms with Crippen molar-refractivity contribution in [3.05, 3.63) is 28.3 Å². The number of imidazole rings is 1. The van der Waals surface area contributed by atoms with Crippen molar-refractivity contribution < 1.29 is 0 Å². The summed E-state index contributed by atoms with van der Waals surface area (Å²) in [6.07, 6.45) is 2.36. The maximum Gasteiger partial charge on any atom is 0.330 e. The van der Waals surface area contributed by atoms with Gasteiger partial charge in [-0.1, -0.05) is 20.8 Å². The Labute approximate surface area is 131 Å². The van der Waals surface area contributed by atoms with Crippen LogP contribution in [0.25, 0.3) is 11.2 Å². The van der Waals surface area contributed by atoms with E-state index in [1.54, 1.807) is 4.57 Å². The first-order valence-electron chi connectivity index (χ1n) is 8.14. The van der Waals surface area contributed by atoms with E-state index in [4.69, 9.17) is 4.98 Å². The third-order valence-corrected chi connectivity index (χ3v) is 4.35. The van der Waals surface area contributed by atoms with Crippen molar-refractivity contribution in [2.45, 2.75) is 46.1 Å². The molecule has 3 heterocycles. The number of hydrogen-bond donors (Lipinski definition) is 1. The van der Waals surface area contributed by atoms with Crippen molar-refractivity contribution >= 4 is 11.2 Å². The van der Waals surface area contributed by atoms with Crippen LogP contribution in [0.4, 0.5) is 0 Å². The van der Waals surface area contributed by atoms with Gasteiger partial charge in [-0.15, -0.1) is 0 Å². The molecule has 1 aliphatic heterocycles. The highest BCUT2D eigenvalue weighted by Gasteiger charge is 2.21. The lowest BCUT2D eigenvalue weighted by molar-refractivity contribution is 0.342. The van der Waals surface area contributed by atoms with E-state index in [-0.39, 0.29) is 11.1 Å². The van der Waals surface area contributed by atoms with Crippen molar-refractivity contribution in [1.82, 2.24) is 19.4 Å². The predicted octanol–water partition coefficient (Wildman–Crippen LogP) is 2.25. The second-order valence-corrected chi connectivity index (χ2v) is 7.61. The summed E-state index contributed by atoms with van der Waals surface area (Å²) in [5, 5.41) is 3.43. The largest absolute Gasteiger partial charge is 0.330 e. The van der Waals surface area contributed by atoms with E-state index in [0.717, 1.165) is 29.9 Å². The highest BCUT2D eigenvalue weighted by molar-refractivity contribution is 5.72. The molecule has 5 nitrogen and oxygen atoms in total. The molecule has 120 valence electrons. The summed E-state index contributed by atoms with van der Waals surface area (Å²) in [6.45, 7) is 9.22. The molecule has 1 saturated heterocycles. The Morgan fingerprint density at radius 3 is 2.77 bits per heavy atom. The minimum Gasteiger partial charge on any atom is -0.316 e.